The molecule has 1 fully saturated rings. The van der Waals surface area contributed by atoms with Crippen molar-refractivity contribution in [2.75, 3.05) is 23.4 Å². The van der Waals surface area contributed by atoms with Gasteiger partial charge < -0.3 is 19.7 Å². The highest BCUT2D eigenvalue weighted by molar-refractivity contribution is 9.10. The molecule has 2 amide bonds. The number of ether oxygens (including phenoxy) is 2. The molecule has 4 rings (SSSR count). The average Bonchev–Trinajstić information content (AvgIpc) is 3.30. The van der Waals surface area contributed by atoms with Crippen molar-refractivity contribution >= 4 is 45.1 Å². The van der Waals surface area contributed by atoms with Gasteiger partial charge in [0.2, 0.25) is 5.91 Å². The molecule has 0 radical (unpaired) electrons. The highest BCUT2D eigenvalue weighted by Crippen LogP contribution is 2.30. The average molecular weight is 594 g/mol. The smallest absolute Gasteiger partial charge is 0.311 e. The number of halogens is 1. The number of aryl methyl sites for hydroxylation is 1. The molecule has 0 aliphatic carbocycles. The first-order chi connectivity index (χ1) is 18.5. The van der Waals surface area contributed by atoms with E-state index in [2.05, 4.69) is 54.2 Å². The van der Waals surface area contributed by atoms with Gasteiger partial charge in [-0.1, -0.05) is 55.8 Å². The Morgan fingerprint density at radius 3 is 2.26 bits per heavy atom. The van der Waals surface area contributed by atoms with Crippen molar-refractivity contribution in [1.82, 2.24) is 0 Å². The molecule has 7 nitrogen and oxygen atoms in total. The van der Waals surface area contributed by atoms with Crippen molar-refractivity contribution in [3.63, 3.8) is 0 Å². The van der Waals surface area contributed by atoms with Crippen LogP contribution in [0.15, 0.2) is 71.2 Å². The van der Waals surface area contributed by atoms with Crippen molar-refractivity contribution in [2.24, 2.45) is 5.92 Å². The van der Waals surface area contributed by atoms with Gasteiger partial charge in [0.15, 0.2) is 6.61 Å². The molecule has 0 spiro atoms. The SMILES string of the molecule is CCc1cc(Br)ccc1NC(=O)COC(=O)[C@@H]1CC(=O)N(c2ccc(Oc3ccc(C(C)(C)C)cc3)cc2)C1. The van der Waals surface area contributed by atoms with E-state index in [4.69, 9.17) is 9.47 Å². The van der Waals surface area contributed by atoms with Crippen LogP contribution >= 0.6 is 15.9 Å². The minimum absolute atomic E-state index is 0.0333. The second kappa shape index (κ2) is 12.0. The van der Waals surface area contributed by atoms with Gasteiger partial charge in [-0.05, 0) is 77.6 Å². The zero-order valence-electron chi connectivity index (χ0n) is 22.6. The number of anilines is 2. The minimum atomic E-state index is -0.638. The molecule has 8 heteroatoms. The summed E-state index contributed by atoms with van der Waals surface area (Å²) in [6.07, 6.45) is 0.776. The van der Waals surface area contributed by atoms with E-state index in [1.54, 1.807) is 35.2 Å². The van der Waals surface area contributed by atoms with E-state index in [0.717, 1.165) is 22.2 Å². The Kier molecular flexibility index (Phi) is 8.75. The van der Waals surface area contributed by atoms with Gasteiger partial charge in [0, 0.05) is 28.8 Å². The molecule has 0 saturated carbocycles. The molecule has 1 atom stereocenters. The number of benzene rings is 3. The monoisotopic (exact) mass is 592 g/mol. The van der Waals surface area contributed by atoms with Crippen LogP contribution in [0.3, 0.4) is 0 Å². The number of esters is 1. The molecule has 1 aliphatic rings. The topological polar surface area (TPSA) is 84.9 Å². The van der Waals surface area contributed by atoms with E-state index in [9.17, 15) is 14.4 Å². The number of carbonyl (C=O) groups excluding carboxylic acids is 3. The predicted molar refractivity (Wildman–Crippen MR) is 155 cm³/mol. The van der Waals surface area contributed by atoms with Crippen molar-refractivity contribution in [3.05, 3.63) is 82.3 Å². The minimum Gasteiger partial charge on any atom is -0.457 e. The summed E-state index contributed by atoms with van der Waals surface area (Å²) < 4.78 is 12.1. The van der Waals surface area contributed by atoms with Crippen LogP contribution in [0.5, 0.6) is 11.5 Å². The third-order valence-electron chi connectivity index (χ3n) is 6.63. The lowest BCUT2D eigenvalue weighted by molar-refractivity contribution is -0.151. The molecular formula is C31H33BrN2O5. The summed E-state index contributed by atoms with van der Waals surface area (Å²) in [4.78, 5) is 39.2. The Hall–Kier alpha value is -3.65. The van der Waals surface area contributed by atoms with E-state index < -0.39 is 24.4 Å². The van der Waals surface area contributed by atoms with E-state index in [0.29, 0.717) is 17.1 Å². The van der Waals surface area contributed by atoms with Crippen LogP contribution in [-0.2, 0) is 31.0 Å². The standard InChI is InChI=1S/C31H33BrN2O5/c1-5-20-16-23(32)8-15-27(20)33-28(35)19-38-30(37)21-17-29(36)34(18-21)24-9-13-26(14-10-24)39-25-11-6-22(7-12-25)31(2,3)4/h6-16,21H,5,17-19H2,1-4H3,(H,33,35)/t21-/m1/s1. The molecule has 1 saturated heterocycles. The highest BCUT2D eigenvalue weighted by Gasteiger charge is 2.36. The van der Waals surface area contributed by atoms with Crippen LogP contribution in [0.1, 0.15) is 45.2 Å². The maximum atomic E-state index is 12.7. The number of nitrogens with zero attached hydrogens (tertiary/aromatic N) is 1. The third kappa shape index (κ3) is 7.26. The van der Waals surface area contributed by atoms with Crippen LogP contribution in [0, 0.1) is 5.92 Å². The van der Waals surface area contributed by atoms with Gasteiger partial charge in [-0.15, -0.1) is 0 Å². The third-order valence-corrected chi connectivity index (χ3v) is 7.12. The summed E-state index contributed by atoms with van der Waals surface area (Å²) in [6.45, 7) is 8.26. The van der Waals surface area contributed by atoms with E-state index in [1.165, 1.54) is 5.56 Å². The fraction of sp³-hybridized carbons (Fsp3) is 0.323. The van der Waals surface area contributed by atoms with Crippen molar-refractivity contribution in [3.8, 4) is 11.5 Å². The lowest BCUT2D eigenvalue weighted by Crippen LogP contribution is -2.28. The van der Waals surface area contributed by atoms with Gasteiger partial charge in [-0.2, -0.15) is 0 Å². The fourth-order valence-corrected chi connectivity index (χ4v) is 4.79. The summed E-state index contributed by atoms with van der Waals surface area (Å²) in [5, 5.41) is 2.78. The molecule has 0 unspecified atom stereocenters. The zero-order valence-corrected chi connectivity index (χ0v) is 24.2. The maximum Gasteiger partial charge on any atom is 0.311 e. The second-order valence-electron chi connectivity index (χ2n) is 10.6. The second-order valence-corrected chi connectivity index (χ2v) is 11.5. The first kappa shape index (κ1) is 28.4. The Labute approximate surface area is 237 Å². The summed E-state index contributed by atoms with van der Waals surface area (Å²) in [5.41, 5.74) is 3.61. The molecule has 3 aromatic carbocycles. The normalized spacial score (nSPS) is 15.3. The maximum absolute atomic E-state index is 12.7. The molecular weight excluding hydrogens is 560 g/mol. The highest BCUT2D eigenvalue weighted by atomic mass is 79.9. The van der Waals surface area contributed by atoms with E-state index in [1.807, 2.05) is 31.2 Å². The molecule has 1 heterocycles. The van der Waals surface area contributed by atoms with Gasteiger partial charge in [0.25, 0.3) is 5.91 Å². The Morgan fingerprint density at radius 2 is 1.64 bits per heavy atom. The molecule has 1 aliphatic heterocycles. The van der Waals surface area contributed by atoms with Crippen LogP contribution in [0.25, 0.3) is 0 Å². The number of amides is 2. The predicted octanol–water partition coefficient (Wildman–Crippen LogP) is 6.64. The summed E-state index contributed by atoms with van der Waals surface area (Å²) in [5.74, 6) is -0.424. The van der Waals surface area contributed by atoms with Crippen LogP contribution in [0.2, 0.25) is 0 Å². The molecule has 0 bridgehead atoms. The van der Waals surface area contributed by atoms with Gasteiger partial charge in [-0.3, -0.25) is 14.4 Å². The first-order valence-corrected chi connectivity index (χ1v) is 13.8. The first-order valence-electron chi connectivity index (χ1n) is 13.0. The summed E-state index contributed by atoms with van der Waals surface area (Å²) >= 11 is 3.42. The summed E-state index contributed by atoms with van der Waals surface area (Å²) in [7, 11) is 0. The summed E-state index contributed by atoms with van der Waals surface area (Å²) in [6, 6.07) is 20.7. The van der Waals surface area contributed by atoms with Crippen LogP contribution in [-0.4, -0.2) is 30.9 Å². The van der Waals surface area contributed by atoms with E-state index >= 15 is 0 Å². The van der Waals surface area contributed by atoms with Crippen molar-refractivity contribution in [2.45, 2.75) is 46.0 Å². The lowest BCUT2D eigenvalue weighted by Gasteiger charge is -2.19. The largest absolute Gasteiger partial charge is 0.457 e. The van der Waals surface area contributed by atoms with Crippen molar-refractivity contribution < 1.29 is 23.9 Å². The number of carbonyl (C=O) groups is 3. The number of hydrogen-bond donors (Lipinski definition) is 1. The fourth-order valence-electron chi connectivity index (χ4n) is 4.39. The molecule has 204 valence electrons. The number of rotatable bonds is 8. The molecule has 39 heavy (non-hydrogen) atoms. The van der Waals surface area contributed by atoms with Gasteiger partial charge >= 0.3 is 5.97 Å². The number of hydrogen-bond acceptors (Lipinski definition) is 5. The molecule has 1 N–H and O–H groups in total. The zero-order chi connectivity index (χ0) is 28.2. The van der Waals surface area contributed by atoms with E-state index in [-0.39, 0.29) is 24.3 Å². The quantitative estimate of drug-likeness (QED) is 0.296. The Bertz CT molecular complexity index is 1350. The Morgan fingerprint density at radius 1 is 1.00 bits per heavy atom. The van der Waals surface area contributed by atoms with Crippen LogP contribution < -0.4 is 15.0 Å². The van der Waals surface area contributed by atoms with Crippen LogP contribution in [0.4, 0.5) is 11.4 Å². The van der Waals surface area contributed by atoms with Gasteiger partial charge in [0.1, 0.15) is 11.5 Å². The molecule has 3 aromatic rings. The van der Waals surface area contributed by atoms with Gasteiger partial charge in [-0.25, -0.2) is 0 Å². The lowest BCUT2D eigenvalue weighted by atomic mass is 9.87. The van der Waals surface area contributed by atoms with Gasteiger partial charge in [0.05, 0.1) is 5.92 Å². The Balaban J connectivity index is 1.29. The van der Waals surface area contributed by atoms with Crippen molar-refractivity contribution in [1.29, 1.82) is 0 Å². The number of nitrogens with one attached hydrogen (secondary N) is 1. The molecule has 0 aromatic heterocycles.